The van der Waals surface area contributed by atoms with Crippen molar-refractivity contribution in [2.24, 2.45) is 0 Å². The molecule has 0 aliphatic rings. The first-order valence-electron chi connectivity index (χ1n) is 3.85. The Bertz CT molecular complexity index is 273. The standard InChI is InChI=1S/C9H8F3IO/c10-9(11,12)8(14-6-13)7-4-2-1-3-5-7/h1-5,8H,6H2. The summed E-state index contributed by atoms with van der Waals surface area (Å²) in [6.07, 6.45) is -6.17. The molecular weight excluding hydrogens is 308 g/mol. The van der Waals surface area contributed by atoms with Gasteiger partial charge in [-0.15, -0.1) is 0 Å². The van der Waals surface area contributed by atoms with Gasteiger partial charge in [-0.1, -0.05) is 52.9 Å². The fourth-order valence-corrected chi connectivity index (χ4v) is 1.43. The molecule has 1 rings (SSSR count). The van der Waals surface area contributed by atoms with Gasteiger partial charge in [-0.3, -0.25) is 0 Å². The molecule has 0 fully saturated rings. The van der Waals surface area contributed by atoms with Gasteiger partial charge in [-0.25, -0.2) is 0 Å². The van der Waals surface area contributed by atoms with E-state index in [2.05, 4.69) is 4.74 Å². The van der Waals surface area contributed by atoms with Gasteiger partial charge < -0.3 is 4.74 Å². The van der Waals surface area contributed by atoms with Crippen molar-refractivity contribution in [3.05, 3.63) is 35.9 Å². The summed E-state index contributed by atoms with van der Waals surface area (Å²) >= 11 is 1.75. The van der Waals surface area contributed by atoms with E-state index in [1.54, 1.807) is 40.8 Å². The van der Waals surface area contributed by atoms with E-state index in [4.69, 9.17) is 0 Å². The lowest BCUT2D eigenvalue weighted by molar-refractivity contribution is -0.217. The third-order valence-electron chi connectivity index (χ3n) is 1.63. The Hall–Kier alpha value is -0.300. The Morgan fingerprint density at radius 1 is 1.21 bits per heavy atom. The van der Waals surface area contributed by atoms with Crippen molar-refractivity contribution in [1.82, 2.24) is 0 Å². The maximum atomic E-state index is 12.5. The Morgan fingerprint density at radius 3 is 2.21 bits per heavy atom. The van der Waals surface area contributed by atoms with Gasteiger partial charge in [0.1, 0.15) is 0 Å². The van der Waals surface area contributed by atoms with Crippen LogP contribution in [0.3, 0.4) is 0 Å². The molecule has 0 bridgehead atoms. The summed E-state index contributed by atoms with van der Waals surface area (Å²) in [4.78, 5) is 0. The van der Waals surface area contributed by atoms with Crippen LogP contribution in [0, 0.1) is 0 Å². The predicted octanol–water partition coefficient (Wildman–Crippen LogP) is 3.70. The average Bonchev–Trinajstić information content (AvgIpc) is 2.14. The van der Waals surface area contributed by atoms with Crippen LogP contribution in [0.5, 0.6) is 0 Å². The van der Waals surface area contributed by atoms with E-state index in [1.807, 2.05) is 0 Å². The summed E-state index contributed by atoms with van der Waals surface area (Å²) in [5.41, 5.74) is 0.136. The highest BCUT2D eigenvalue weighted by atomic mass is 127. The predicted molar refractivity (Wildman–Crippen MR) is 55.2 cm³/mol. The molecule has 78 valence electrons. The second-order valence-corrected chi connectivity index (χ2v) is 3.23. The van der Waals surface area contributed by atoms with Crippen LogP contribution in [0.25, 0.3) is 0 Å². The highest BCUT2D eigenvalue weighted by Gasteiger charge is 2.41. The van der Waals surface area contributed by atoms with Crippen LogP contribution >= 0.6 is 22.6 Å². The van der Waals surface area contributed by atoms with Crippen molar-refractivity contribution >= 4 is 22.6 Å². The number of ether oxygens (including phenoxy) is 1. The fourth-order valence-electron chi connectivity index (χ4n) is 1.07. The smallest absolute Gasteiger partial charge is 0.354 e. The second-order valence-electron chi connectivity index (χ2n) is 2.61. The van der Waals surface area contributed by atoms with E-state index in [0.29, 0.717) is 0 Å². The van der Waals surface area contributed by atoms with Crippen molar-refractivity contribution < 1.29 is 17.9 Å². The monoisotopic (exact) mass is 316 g/mol. The van der Waals surface area contributed by atoms with Gasteiger partial charge in [0.25, 0.3) is 0 Å². The van der Waals surface area contributed by atoms with Gasteiger partial charge in [0.05, 0.1) is 4.61 Å². The minimum absolute atomic E-state index is 0.0107. The summed E-state index contributed by atoms with van der Waals surface area (Å²) in [5, 5.41) is 0. The number of halogens is 4. The topological polar surface area (TPSA) is 9.23 Å². The van der Waals surface area contributed by atoms with E-state index in [-0.39, 0.29) is 10.2 Å². The van der Waals surface area contributed by atoms with Gasteiger partial charge in [0.2, 0.25) is 0 Å². The summed E-state index contributed by atoms with van der Waals surface area (Å²) < 4.78 is 42.1. The molecule has 1 aromatic carbocycles. The second kappa shape index (κ2) is 4.97. The van der Waals surface area contributed by atoms with Gasteiger partial charge in [0, 0.05) is 0 Å². The highest BCUT2D eigenvalue weighted by Crippen LogP contribution is 2.35. The van der Waals surface area contributed by atoms with Crippen molar-refractivity contribution in [1.29, 1.82) is 0 Å². The van der Waals surface area contributed by atoms with Crippen LogP contribution in [0.15, 0.2) is 30.3 Å². The van der Waals surface area contributed by atoms with E-state index in [9.17, 15) is 13.2 Å². The molecule has 0 spiro atoms. The molecule has 14 heavy (non-hydrogen) atoms. The Kier molecular flexibility index (Phi) is 4.18. The zero-order valence-electron chi connectivity index (χ0n) is 7.09. The molecule has 1 aromatic rings. The number of rotatable bonds is 3. The molecular formula is C9H8F3IO. The number of benzene rings is 1. The van der Waals surface area contributed by atoms with Gasteiger partial charge in [0.15, 0.2) is 6.10 Å². The Labute approximate surface area is 93.4 Å². The lowest BCUT2D eigenvalue weighted by Crippen LogP contribution is -2.23. The SMILES string of the molecule is FC(F)(F)C(OCI)c1ccccc1. The largest absolute Gasteiger partial charge is 0.418 e. The lowest BCUT2D eigenvalue weighted by atomic mass is 10.1. The maximum Gasteiger partial charge on any atom is 0.418 e. The van der Waals surface area contributed by atoms with Crippen LogP contribution in [0.1, 0.15) is 11.7 Å². The van der Waals surface area contributed by atoms with Crippen molar-refractivity contribution in [3.63, 3.8) is 0 Å². The van der Waals surface area contributed by atoms with Gasteiger partial charge in [-0.2, -0.15) is 13.2 Å². The van der Waals surface area contributed by atoms with Gasteiger partial charge in [-0.05, 0) is 5.56 Å². The van der Waals surface area contributed by atoms with Crippen molar-refractivity contribution in [2.75, 3.05) is 4.61 Å². The molecule has 5 heteroatoms. The molecule has 0 aliphatic carbocycles. The van der Waals surface area contributed by atoms with E-state index in [1.165, 1.54) is 12.1 Å². The summed E-state index contributed by atoms with van der Waals surface area (Å²) in [6, 6.07) is 7.60. The van der Waals surface area contributed by atoms with Gasteiger partial charge >= 0.3 is 6.18 Å². The normalized spacial score (nSPS) is 14.0. The van der Waals surface area contributed by atoms with Crippen molar-refractivity contribution in [3.8, 4) is 0 Å². The van der Waals surface area contributed by atoms with Crippen molar-refractivity contribution in [2.45, 2.75) is 12.3 Å². The molecule has 0 heterocycles. The Balaban J connectivity index is 2.89. The zero-order chi connectivity index (χ0) is 10.6. The number of hydrogen-bond acceptors (Lipinski definition) is 1. The molecule has 1 nitrogen and oxygen atoms in total. The molecule has 1 unspecified atom stereocenters. The summed E-state index contributed by atoms with van der Waals surface area (Å²) in [6.45, 7) is 0. The van der Waals surface area contributed by atoms with Crippen LogP contribution in [-0.4, -0.2) is 10.8 Å². The third kappa shape index (κ3) is 3.13. The molecule has 0 aliphatic heterocycles. The van der Waals surface area contributed by atoms with Crippen LogP contribution < -0.4 is 0 Å². The minimum Gasteiger partial charge on any atom is -0.354 e. The molecule has 1 atom stereocenters. The zero-order valence-corrected chi connectivity index (χ0v) is 9.25. The number of hydrogen-bond donors (Lipinski definition) is 0. The van der Waals surface area contributed by atoms with E-state index >= 15 is 0 Å². The molecule has 0 saturated carbocycles. The molecule has 0 amide bonds. The molecule has 0 radical (unpaired) electrons. The minimum atomic E-state index is -4.35. The maximum absolute atomic E-state index is 12.5. The van der Waals surface area contributed by atoms with E-state index in [0.717, 1.165) is 0 Å². The molecule has 0 saturated heterocycles. The van der Waals surface area contributed by atoms with Crippen LogP contribution in [0.4, 0.5) is 13.2 Å². The lowest BCUT2D eigenvalue weighted by Gasteiger charge is -2.19. The first kappa shape index (κ1) is 11.8. The fraction of sp³-hybridized carbons (Fsp3) is 0.333. The van der Waals surface area contributed by atoms with E-state index < -0.39 is 12.3 Å². The number of alkyl halides is 4. The highest BCUT2D eigenvalue weighted by molar-refractivity contribution is 14.1. The summed E-state index contributed by atoms with van der Waals surface area (Å²) in [5.74, 6) is 0. The third-order valence-corrected chi connectivity index (χ3v) is 1.99. The average molecular weight is 316 g/mol. The van der Waals surface area contributed by atoms with Crippen LogP contribution in [-0.2, 0) is 4.74 Å². The first-order chi connectivity index (χ1) is 6.55. The quantitative estimate of drug-likeness (QED) is 0.610. The Morgan fingerprint density at radius 2 is 1.79 bits per heavy atom. The summed E-state index contributed by atoms with van der Waals surface area (Å²) in [7, 11) is 0. The first-order valence-corrected chi connectivity index (χ1v) is 5.37. The molecule has 0 N–H and O–H groups in total. The molecule has 0 aromatic heterocycles. The van der Waals surface area contributed by atoms with Crippen LogP contribution in [0.2, 0.25) is 0 Å².